The zero-order chi connectivity index (χ0) is 21.6. The molecule has 8 nitrogen and oxygen atoms in total. The lowest BCUT2D eigenvalue weighted by Gasteiger charge is -2.26. The number of hydrogen-bond acceptors (Lipinski definition) is 6. The maximum absolute atomic E-state index is 12.2. The number of urea groups is 1. The number of carbonyl (C=O) groups excluding carboxylic acids is 3. The molecule has 0 saturated carbocycles. The van der Waals surface area contributed by atoms with Gasteiger partial charge in [-0.05, 0) is 35.0 Å². The van der Waals surface area contributed by atoms with E-state index in [0.717, 1.165) is 10.8 Å². The molecule has 0 aliphatic carbocycles. The van der Waals surface area contributed by atoms with Crippen LogP contribution in [0, 0.1) is 0 Å². The van der Waals surface area contributed by atoms with E-state index in [4.69, 9.17) is 14.2 Å². The maximum Gasteiger partial charge on any atom is 0.338 e. The average molecular weight is 420 g/mol. The zero-order valence-electron chi connectivity index (χ0n) is 16.5. The van der Waals surface area contributed by atoms with E-state index in [-0.39, 0.29) is 19.3 Å². The molecule has 2 N–H and O–H groups in total. The van der Waals surface area contributed by atoms with Crippen molar-refractivity contribution in [1.29, 1.82) is 0 Å². The highest BCUT2D eigenvalue weighted by Gasteiger charge is 2.21. The maximum atomic E-state index is 12.2. The second-order valence-electron chi connectivity index (χ2n) is 6.89. The lowest BCUT2D eigenvalue weighted by atomic mass is 10.1. The number of imide groups is 1. The summed E-state index contributed by atoms with van der Waals surface area (Å²) in [5.41, 5.74) is 0.325. The second-order valence-corrected chi connectivity index (χ2v) is 6.89. The van der Waals surface area contributed by atoms with Crippen LogP contribution in [0.2, 0.25) is 0 Å². The summed E-state index contributed by atoms with van der Waals surface area (Å²) in [6.07, 6.45) is -0.388. The summed E-state index contributed by atoms with van der Waals surface area (Å²) in [5.74, 6) is -0.144. The third-order valence-electron chi connectivity index (χ3n) is 4.63. The normalized spacial score (nSPS) is 14.5. The highest BCUT2D eigenvalue weighted by molar-refractivity contribution is 5.98. The lowest BCUT2D eigenvalue weighted by Crippen LogP contribution is -2.46. The van der Waals surface area contributed by atoms with Gasteiger partial charge in [0.25, 0.3) is 5.91 Å². The Bertz CT molecular complexity index is 1130. The molecule has 1 unspecified atom stereocenters. The summed E-state index contributed by atoms with van der Waals surface area (Å²) in [5, 5.41) is 6.53. The van der Waals surface area contributed by atoms with Crippen molar-refractivity contribution in [2.24, 2.45) is 0 Å². The monoisotopic (exact) mass is 420 g/mol. The first kappa shape index (κ1) is 20.2. The van der Waals surface area contributed by atoms with E-state index in [2.05, 4.69) is 10.6 Å². The molecule has 31 heavy (non-hydrogen) atoms. The fourth-order valence-electron chi connectivity index (χ4n) is 3.11. The molecule has 4 rings (SSSR count). The number of fused-ring (bicyclic) bond motifs is 2. The van der Waals surface area contributed by atoms with Crippen LogP contribution >= 0.6 is 0 Å². The van der Waals surface area contributed by atoms with Crippen LogP contribution in [0.15, 0.2) is 66.7 Å². The topological polar surface area (TPSA) is 103 Å². The van der Waals surface area contributed by atoms with Gasteiger partial charge in [-0.25, -0.2) is 9.59 Å². The summed E-state index contributed by atoms with van der Waals surface area (Å²) in [7, 11) is 0. The predicted molar refractivity (Wildman–Crippen MR) is 112 cm³/mol. The van der Waals surface area contributed by atoms with Gasteiger partial charge in [0.15, 0.2) is 24.2 Å². The lowest BCUT2D eigenvalue weighted by molar-refractivity contribution is -0.123. The fourth-order valence-corrected chi connectivity index (χ4v) is 3.11. The van der Waals surface area contributed by atoms with Gasteiger partial charge in [-0.15, -0.1) is 0 Å². The van der Waals surface area contributed by atoms with Gasteiger partial charge in [0.1, 0.15) is 6.61 Å². The van der Waals surface area contributed by atoms with Crippen LogP contribution in [0.3, 0.4) is 0 Å². The van der Waals surface area contributed by atoms with Crippen LogP contribution in [0.4, 0.5) is 4.79 Å². The zero-order valence-corrected chi connectivity index (χ0v) is 16.5. The van der Waals surface area contributed by atoms with Crippen LogP contribution in [0.5, 0.6) is 11.5 Å². The second kappa shape index (κ2) is 9.17. The summed E-state index contributed by atoms with van der Waals surface area (Å²) in [4.78, 5) is 36.0. The Morgan fingerprint density at radius 3 is 2.52 bits per heavy atom. The quantitative estimate of drug-likeness (QED) is 0.615. The first-order valence-corrected chi connectivity index (χ1v) is 9.70. The van der Waals surface area contributed by atoms with Gasteiger partial charge >= 0.3 is 12.0 Å². The van der Waals surface area contributed by atoms with Crippen LogP contribution in [0.1, 0.15) is 10.4 Å². The van der Waals surface area contributed by atoms with Gasteiger partial charge in [-0.1, -0.05) is 42.5 Å². The minimum absolute atomic E-state index is 0.143. The minimum Gasteiger partial charge on any atom is -0.486 e. The SMILES string of the molecule is O=C(COC(=O)c1ccc2ccccc2c1)NC(=O)NCC1COc2ccccc2O1. The van der Waals surface area contributed by atoms with E-state index in [1.807, 2.05) is 36.4 Å². The number of nitrogens with one attached hydrogen (secondary N) is 2. The fraction of sp³-hybridized carbons (Fsp3) is 0.174. The Balaban J connectivity index is 1.20. The van der Waals surface area contributed by atoms with Crippen LogP contribution in [-0.4, -0.2) is 43.8 Å². The van der Waals surface area contributed by atoms with E-state index in [9.17, 15) is 14.4 Å². The van der Waals surface area contributed by atoms with E-state index in [1.54, 1.807) is 30.3 Å². The molecule has 0 aromatic heterocycles. The molecule has 3 aromatic carbocycles. The first-order chi connectivity index (χ1) is 15.1. The van der Waals surface area contributed by atoms with Crippen LogP contribution < -0.4 is 20.1 Å². The number of para-hydroxylation sites is 2. The molecule has 1 aliphatic heterocycles. The molecule has 0 bridgehead atoms. The van der Waals surface area contributed by atoms with Crippen molar-refractivity contribution in [2.45, 2.75) is 6.10 Å². The Kier molecular flexibility index (Phi) is 5.98. The van der Waals surface area contributed by atoms with E-state index < -0.39 is 24.5 Å². The summed E-state index contributed by atoms with van der Waals surface area (Å²) < 4.78 is 16.3. The summed E-state index contributed by atoms with van der Waals surface area (Å²) in [6.45, 7) is -0.158. The van der Waals surface area contributed by atoms with Crippen LogP contribution in [-0.2, 0) is 9.53 Å². The van der Waals surface area contributed by atoms with Crippen molar-refractivity contribution < 1.29 is 28.6 Å². The number of rotatable bonds is 5. The van der Waals surface area contributed by atoms with Crippen molar-refractivity contribution in [2.75, 3.05) is 19.8 Å². The number of benzene rings is 3. The van der Waals surface area contributed by atoms with Crippen molar-refractivity contribution in [3.63, 3.8) is 0 Å². The van der Waals surface area contributed by atoms with Gasteiger partial charge in [-0.2, -0.15) is 0 Å². The van der Waals surface area contributed by atoms with Crippen LogP contribution in [0.25, 0.3) is 10.8 Å². The number of carbonyl (C=O) groups is 3. The Morgan fingerprint density at radius 2 is 1.68 bits per heavy atom. The van der Waals surface area contributed by atoms with E-state index in [0.29, 0.717) is 17.1 Å². The first-order valence-electron chi connectivity index (χ1n) is 9.70. The summed E-state index contributed by atoms with van der Waals surface area (Å²) >= 11 is 0. The molecule has 158 valence electrons. The summed E-state index contributed by atoms with van der Waals surface area (Å²) in [6, 6.07) is 19.2. The highest BCUT2D eigenvalue weighted by Crippen LogP contribution is 2.30. The number of ether oxygens (including phenoxy) is 3. The van der Waals surface area contributed by atoms with E-state index >= 15 is 0 Å². The van der Waals surface area contributed by atoms with Gasteiger partial charge in [-0.3, -0.25) is 10.1 Å². The average Bonchev–Trinajstić information content (AvgIpc) is 2.80. The van der Waals surface area contributed by atoms with Gasteiger partial charge in [0, 0.05) is 0 Å². The molecule has 3 amide bonds. The Morgan fingerprint density at radius 1 is 0.935 bits per heavy atom. The molecular weight excluding hydrogens is 400 g/mol. The molecule has 8 heteroatoms. The molecule has 0 saturated heterocycles. The van der Waals surface area contributed by atoms with Gasteiger partial charge in [0.2, 0.25) is 0 Å². The molecule has 1 heterocycles. The molecule has 0 radical (unpaired) electrons. The predicted octanol–water partition coefficient (Wildman–Crippen LogP) is 2.66. The molecule has 1 aliphatic rings. The Labute approximate surface area is 178 Å². The minimum atomic E-state index is -0.738. The molecule has 0 spiro atoms. The highest BCUT2D eigenvalue weighted by atomic mass is 16.6. The van der Waals surface area contributed by atoms with Crippen molar-refractivity contribution in [3.8, 4) is 11.5 Å². The molecule has 1 atom stereocenters. The third-order valence-corrected chi connectivity index (χ3v) is 4.63. The largest absolute Gasteiger partial charge is 0.486 e. The number of esters is 1. The molecule has 0 fully saturated rings. The third kappa shape index (κ3) is 5.11. The van der Waals surface area contributed by atoms with Crippen molar-refractivity contribution >= 4 is 28.7 Å². The van der Waals surface area contributed by atoms with Crippen molar-refractivity contribution in [3.05, 3.63) is 72.3 Å². The van der Waals surface area contributed by atoms with Gasteiger partial charge < -0.3 is 19.5 Å². The number of hydrogen-bond donors (Lipinski definition) is 2. The smallest absolute Gasteiger partial charge is 0.338 e. The Hall–Kier alpha value is -4.07. The van der Waals surface area contributed by atoms with Gasteiger partial charge in [0.05, 0.1) is 12.1 Å². The molecule has 3 aromatic rings. The standard InChI is InChI=1S/C23H20N2O6/c26-21(14-30-22(27)17-10-9-15-5-1-2-6-16(15)11-17)25-23(28)24-12-18-13-29-19-7-3-4-8-20(19)31-18/h1-11,18H,12-14H2,(H2,24,25,26,28). The molecular formula is C23H20N2O6. The number of amides is 3. The van der Waals surface area contributed by atoms with Crippen molar-refractivity contribution in [1.82, 2.24) is 10.6 Å². The van der Waals surface area contributed by atoms with E-state index in [1.165, 1.54) is 0 Å².